The molecule has 0 aliphatic carbocycles. The number of methoxy groups -OCH3 is 1. The first-order valence-electron chi connectivity index (χ1n) is 5.39. The van der Waals surface area contributed by atoms with Crippen LogP contribution in [-0.4, -0.2) is 18.5 Å². The topological polar surface area (TPSA) is 26.3 Å². The summed E-state index contributed by atoms with van der Waals surface area (Å²) in [6, 6.07) is 4.47. The third kappa shape index (κ3) is 4.21. The maximum Gasteiger partial charge on any atom is 0.165 e. The van der Waals surface area contributed by atoms with Crippen LogP contribution in [-0.2, 0) is 4.74 Å². The van der Waals surface area contributed by atoms with Crippen LogP contribution in [0.15, 0.2) is 22.7 Å². The van der Waals surface area contributed by atoms with E-state index < -0.39 is 5.82 Å². The lowest BCUT2D eigenvalue weighted by molar-refractivity contribution is 0.0141. The van der Waals surface area contributed by atoms with Gasteiger partial charge in [-0.05, 0) is 38.5 Å². The average molecular weight is 303 g/mol. The fraction of sp³-hybridized carbons (Fsp3) is 0.462. The predicted octanol–water partition coefficient (Wildman–Crippen LogP) is 3.98. The van der Waals surface area contributed by atoms with E-state index >= 15 is 0 Å². The van der Waals surface area contributed by atoms with Crippen LogP contribution >= 0.6 is 15.9 Å². The molecule has 17 heavy (non-hydrogen) atoms. The minimum absolute atomic E-state index is 0.139. The van der Waals surface area contributed by atoms with Crippen LogP contribution in [0.5, 0.6) is 0 Å². The zero-order valence-corrected chi connectivity index (χ0v) is 11.8. The third-order valence-electron chi connectivity index (χ3n) is 2.74. The summed E-state index contributed by atoms with van der Waals surface area (Å²) in [5.74, 6) is -0.681. The van der Waals surface area contributed by atoms with E-state index in [2.05, 4.69) is 15.9 Å². The zero-order chi connectivity index (χ0) is 13.1. The van der Waals surface area contributed by atoms with Gasteiger partial charge in [0.15, 0.2) is 5.78 Å². The number of hydrogen-bond donors (Lipinski definition) is 0. The first kappa shape index (κ1) is 14.3. The molecule has 2 nitrogen and oxygen atoms in total. The quantitative estimate of drug-likeness (QED) is 0.769. The molecule has 0 N–H and O–H groups in total. The lowest BCUT2D eigenvalue weighted by Crippen LogP contribution is -2.23. The molecule has 4 heteroatoms. The van der Waals surface area contributed by atoms with Crippen LogP contribution in [0.3, 0.4) is 0 Å². The van der Waals surface area contributed by atoms with Crippen molar-refractivity contribution in [1.82, 2.24) is 0 Å². The Labute approximate surface area is 109 Å². The Bertz CT molecular complexity index is 416. The predicted molar refractivity (Wildman–Crippen MR) is 68.8 cm³/mol. The van der Waals surface area contributed by atoms with Crippen LogP contribution < -0.4 is 0 Å². The third-order valence-corrected chi connectivity index (χ3v) is 3.23. The Morgan fingerprint density at radius 1 is 1.47 bits per heavy atom. The summed E-state index contributed by atoms with van der Waals surface area (Å²) in [5.41, 5.74) is -0.221. The van der Waals surface area contributed by atoms with Gasteiger partial charge in [0.2, 0.25) is 0 Å². The van der Waals surface area contributed by atoms with Crippen molar-refractivity contribution in [2.45, 2.75) is 32.3 Å². The van der Waals surface area contributed by atoms with Crippen molar-refractivity contribution in [3.8, 4) is 0 Å². The van der Waals surface area contributed by atoms with E-state index in [0.717, 1.165) is 0 Å². The van der Waals surface area contributed by atoms with Crippen LogP contribution in [0.25, 0.3) is 0 Å². The number of carbonyl (C=O) groups is 1. The van der Waals surface area contributed by atoms with Crippen molar-refractivity contribution >= 4 is 21.7 Å². The van der Waals surface area contributed by atoms with E-state index in [1.165, 1.54) is 12.1 Å². The molecule has 0 amide bonds. The molecular weight excluding hydrogens is 287 g/mol. The van der Waals surface area contributed by atoms with Crippen molar-refractivity contribution in [3.05, 3.63) is 34.1 Å². The van der Waals surface area contributed by atoms with E-state index in [9.17, 15) is 9.18 Å². The first-order chi connectivity index (χ1) is 7.85. The Morgan fingerprint density at radius 2 is 2.12 bits per heavy atom. The Morgan fingerprint density at radius 3 is 2.65 bits per heavy atom. The number of benzene rings is 1. The maximum atomic E-state index is 13.5. The van der Waals surface area contributed by atoms with E-state index in [1.54, 1.807) is 13.2 Å². The second-order valence-electron chi connectivity index (χ2n) is 4.51. The number of ketones is 1. The lowest BCUT2D eigenvalue weighted by atomic mass is 9.97. The molecule has 0 fully saturated rings. The molecular formula is C13H16BrFO2. The van der Waals surface area contributed by atoms with Gasteiger partial charge in [0, 0.05) is 18.0 Å². The lowest BCUT2D eigenvalue weighted by Gasteiger charge is -2.22. The van der Waals surface area contributed by atoms with Gasteiger partial charge in [-0.15, -0.1) is 0 Å². The Balaban J connectivity index is 2.71. The minimum Gasteiger partial charge on any atom is -0.379 e. The summed E-state index contributed by atoms with van der Waals surface area (Å²) in [4.78, 5) is 11.8. The van der Waals surface area contributed by atoms with Crippen LogP contribution in [0.2, 0.25) is 0 Å². The maximum absolute atomic E-state index is 13.5. The molecule has 0 heterocycles. The van der Waals surface area contributed by atoms with E-state index in [-0.39, 0.29) is 23.4 Å². The SMILES string of the molecule is COC(C)(C)CCC(=O)c1ccc(Br)cc1F. The normalized spacial score (nSPS) is 11.6. The van der Waals surface area contributed by atoms with Gasteiger partial charge in [-0.1, -0.05) is 15.9 Å². The molecule has 0 bridgehead atoms. The number of hydrogen-bond acceptors (Lipinski definition) is 2. The van der Waals surface area contributed by atoms with E-state index in [1.807, 2.05) is 13.8 Å². The second-order valence-corrected chi connectivity index (χ2v) is 5.43. The monoisotopic (exact) mass is 302 g/mol. The molecule has 0 aromatic heterocycles. The fourth-order valence-corrected chi connectivity index (χ4v) is 1.70. The smallest absolute Gasteiger partial charge is 0.165 e. The molecule has 0 saturated carbocycles. The van der Waals surface area contributed by atoms with Gasteiger partial charge in [-0.3, -0.25) is 4.79 Å². The van der Waals surface area contributed by atoms with Gasteiger partial charge in [-0.2, -0.15) is 0 Å². The average Bonchev–Trinajstić information content (AvgIpc) is 2.26. The van der Waals surface area contributed by atoms with Gasteiger partial charge in [-0.25, -0.2) is 4.39 Å². The van der Waals surface area contributed by atoms with Crippen LogP contribution in [0.1, 0.15) is 37.0 Å². The molecule has 0 aliphatic heterocycles. The number of Topliss-reactive ketones (excluding diaryl/α,β-unsaturated/α-hetero) is 1. The highest BCUT2D eigenvalue weighted by atomic mass is 79.9. The molecule has 1 aromatic carbocycles. The number of halogens is 2. The molecule has 0 saturated heterocycles. The van der Waals surface area contributed by atoms with Gasteiger partial charge in [0.05, 0.1) is 11.2 Å². The van der Waals surface area contributed by atoms with Crippen molar-refractivity contribution in [1.29, 1.82) is 0 Å². The molecule has 1 rings (SSSR count). The summed E-state index contributed by atoms with van der Waals surface area (Å²) in [5, 5.41) is 0. The molecule has 0 radical (unpaired) electrons. The number of carbonyl (C=O) groups excluding carboxylic acids is 1. The van der Waals surface area contributed by atoms with Gasteiger partial charge in [0.1, 0.15) is 5.82 Å². The zero-order valence-electron chi connectivity index (χ0n) is 10.2. The van der Waals surface area contributed by atoms with E-state index in [4.69, 9.17) is 4.74 Å². The summed E-state index contributed by atoms with van der Waals surface area (Å²) >= 11 is 3.16. The van der Waals surface area contributed by atoms with Crippen molar-refractivity contribution in [2.24, 2.45) is 0 Å². The Kier molecular flexibility index (Phi) is 4.83. The second kappa shape index (κ2) is 5.74. The summed E-state index contributed by atoms with van der Waals surface area (Å²) in [6.07, 6.45) is 0.844. The summed E-state index contributed by atoms with van der Waals surface area (Å²) < 4.78 is 19.4. The summed E-state index contributed by atoms with van der Waals surface area (Å²) in [7, 11) is 1.60. The van der Waals surface area contributed by atoms with Gasteiger partial charge >= 0.3 is 0 Å². The fourth-order valence-electron chi connectivity index (χ4n) is 1.37. The highest BCUT2D eigenvalue weighted by Crippen LogP contribution is 2.20. The first-order valence-corrected chi connectivity index (χ1v) is 6.18. The molecule has 0 spiro atoms. The highest BCUT2D eigenvalue weighted by Gasteiger charge is 2.20. The molecule has 1 aromatic rings. The Hall–Kier alpha value is -0.740. The van der Waals surface area contributed by atoms with Crippen LogP contribution in [0.4, 0.5) is 4.39 Å². The molecule has 0 unspecified atom stereocenters. The number of rotatable bonds is 5. The van der Waals surface area contributed by atoms with Gasteiger partial charge < -0.3 is 4.74 Å². The molecule has 0 aliphatic rings. The molecule has 94 valence electrons. The van der Waals surface area contributed by atoms with Crippen LogP contribution in [0, 0.1) is 5.82 Å². The van der Waals surface area contributed by atoms with Gasteiger partial charge in [0.25, 0.3) is 0 Å². The van der Waals surface area contributed by atoms with Crippen molar-refractivity contribution in [2.75, 3.05) is 7.11 Å². The molecule has 0 atom stereocenters. The largest absolute Gasteiger partial charge is 0.379 e. The standard InChI is InChI=1S/C13H16BrFO2/c1-13(2,17-3)7-6-12(16)10-5-4-9(14)8-11(10)15/h4-5,8H,6-7H2,1-3H3. The highest BCUT2D eigenvalue weighted by molar-refractivity contribution is 9.10. The number of ether oxygens (including phenoxy) is 1. The van der Waals surface area contributed by atoms with E-state index in [0.29, 0.717) is 10.9 Å². The summed E-state index contributed by atoms with van der Waals surface area (Å²) in [6.45, 7) is 3.80. The van der Waals surface area contributed by atoms with Crippen molar-refractivity contribution in [3.63, 3.8) is 0 Å². The van der Waals surface area contributed by atoms with Crippen molar-refractivity contribution < 1.29 is 13.9 Å². The minimum atomic E-state index is -0.486.